The van der Waals surface area contributed by atoms with Gasteiger partial charge in [-0.1, -0.05) is 6.92 Å². The van der Waals surface area contributed by atoms with E-state index in [0.717, 1.165) is 5.06 Å². The number of hydroxylamine groups is 2. The summed E-state index contributed by atoms with van der Waals surface area (Å²) in [4.78, 5) is 9.97. The third-order valence-corrected chi connectivity index (χ3v) is 1.19. The van der Waals surface area contributed by atoms with Gasteiger partial charge in [-0.15, -0.1) is 0 Å². The van der Waals surface area contributed by atoms with E-state index in [-0.39, 0.29) is 6.54 Å². The van der Waals surface area contributed by atoms with E-state index in [1.54, 1.807) is 0 Å². The van der Waals surface area contributed by atoms with Crippen LogP contribution in [0, 0.1) is 0 Å². The van der Waals surface area contributed by atoms with Gasteiger partial charge in [0.1, 0.15) is 0 Å². The molecule has 0 aliphatic carbocycles. The fraction of sp³-hybridized carbons (Fsp3) is 0.833. The first-order chi connectivity index (χ1) is 5.16. The topological polar surface area (TPSA) is 72.8 Å². The van der Waals surface area contributed by atoms with Crippen molar-refractivity contribution in [3.63, 3.8) is 0 Å². The van der Waals surface area contributed by atoms with Gasteiger partial charge in [-0.2, -0.15) is 5.06 Å². The summed E-state index contributed by atoms with van der Waals surface area (Å²) in [5.74, 6) is -0.883. The van der Waals surface area contributed by atoms with Gasteiger partial charge in [0.05, 0.1) is 6.54 Å². The van der Waals surface area contributed by atoms with E-state index >= 15 is 0 Å². The quantitative estimate of drug-likeness (QED) is 0.358. The molecular formula is C6H14N2O3. The lowest BCUT2D eigenvalue weighted by atomic mass is 10.5. The average Bonchev–Trinajstić information content (AvgIpc) is 1.97. The molecule has 66 valence electrons. The van der Waals surface area contributed by atoms with Crippen molar-refractivity contribution in [2.45, 2.75) is 6.92 Å². The molecule has 0 unspecified atom stereocenters. The number of nitrogens with zero attached hydrogens (tertiary/aromatic N) is 1. The fourth-order valence-electron chi connectivity index (χ4n) is 0.562. The van der Waals surface area contributed by atoms with E-state index in [1.807, 2.05) is 6.92 Å². The van der Waals surface area contributed by atoms with Crippen molar-refractivity contribution in [1.82, 2.24) is 10.4 Å². The van der Waals surface area contributed by atoms with Crippen molar-refractivity contribution in [2.24, 2.45) is 0 Å². The third-order valence-electron chi connectivity index (χ3n) is 1.19. The largest absolute Gasteiger partial charge is 0.480 e. The zero-order chi connectivity index (χ0) is 8.69. The molecule has 0 radical (unpaired) electrons. The molecule has 5 nitrogen and oxygen atoms in total. The van der Waals surface area contributed by atoms with Crippen LogP contribution in [-0.2, 0) is 4.79 Å². The van der Waals surface area contributed by atoms with E-state index in [9.17, 15) is 4.79 Å². The highest BCUT2D eigenvalue weighted by atomic mass is 16.5. The monoisotopic (exact) mass is 162 g/mol. The Morgan fingerprint density at radius 3 is 2.73 bits per heavy atom. The molecule has 0 aromatic rings. The predicted molar refractivity (Wildman–Crippen MR) is 39.5 cm³/mol. The summed E-state index contributed by atoms with van der Waals surface area (Å²) in [5, 5.41) is 20.8. The molecular weight excluding hydrogens is 148 g/mol. The lowest BCUT2D eigenvalue weighted by Gasteiger charge is -2.10. The Morgan fingerprint density at radius 2 is 2.27 bits per heavy atom. The van der Waals surface area contributed by atoms with Crippen molar-refractivity contribution >= 4 is 5.97 Å². The Hall–Kier alpha value is -0.650. The van der Waals surface area contributed by atoms with Crippen LogP contribution < -0.4 is 5.32 Å². The number of carboxylic acids is 1. The first-order valence-corrected chi connectivity index (χ1v) is 3.53. The number of rotatable bonds is 6. The third kappa shape index (κ3) is 7.24. The molecule has 0 aromatic carbocycles. The van der Waals surface area contributed by atoms with E-state index in [4.69, 9.17) is 10.3 Å². The smallest absolute Gasteiger partial charge is 0.317 e. The second-order valence-corrected chi connectivity index (χ2v) is 2.12. The van der Waals surface area contributed by atoms with Gasteiger partial charge in [-0.3, -0.25) is 4.79 Å². The van der Waals surface area contributed by atoms with Crippen molar-refractivity contribution in [3.8, 4) is 0 Å². The Bertz CT molecular complexity index is 118. The van der Waals surface area contributed by atoms with Crippen LogP contribution in [0.25, 0.3) is 0 Å². The molecule has 11 heavy (non-hydrogen) atoms. The Labute approximate surface area is 65.6 Å². The van der Waals surface area contributed by atoms with Crippen LogP contribution >= 0.6 is 0 Å². The maximum absolute atomic E-state index is 9.97. The zero-order valence-electron chi connectivity index (χ0n) is 6.58. The zero-order valence-corrected chi connectivity index (χ0v) is 6.58. The number of hydrogen-bond acceptors (Lipinski definition) is 4. The van der Waals surface area contributed by atoms with Crippen molar-refractivity contribution < 1.29 is 15.1 Å². The van der Waals surface area contributed by atoms with Crippen LogP contribution in [-0.4, -0.2) is 47.5 Å². The summed E-state index contributed by atoms with van der Waals surface area (Å²) in [6.45, 7) is 3.24. The molecule has 0 saturated heterocycles. The molecule has 3 N–H and O–H groups in total. The molecule has 0 atom stereocenters. The van der Waals surface area contributed by atoms with Gasteiger partial charge >= 0.3 is 5.97 Å². The normalized spacial score (nSPS) is 10.5. The van der Waals surface area contributed by atoms with Crippen molar-refractivity contribution in [1.29, 1.82) is 0 Å². The van der Waals surface area contributed by atoms with Gasteiger partial charge in [0, 0.05) is 19.6 Å². The number of carboxylic acid groups (broad SMARTS) is 1. The van der Waals surface area contributed by atoms with E-state index in [2.05, 4.69) is 5.32 Å². The Kier molecular flexibility index (Phi) is 5.73. The maximum Gasteiger partial charge on any atom is 0.317 e. The van der Waals surface area contributed by atoms with Crippen LogP contribution in [0.3, 0.4) is 0 Å². The SMILES string of the molecule is CCN(O)CCNCC(=O)O. The minimum Gasteiger partial charge on any atom is -0.480 e. The highest BCUT2D eigenvalue weighted by Crippen LogP contribution is 1.76. The highest BCUT2D eigenvalue weighted by molar-refractivity contribution is 5.68. The van der Waals surface area contributed by atoms with Crippen LogP contribution in [0.4, 0.5) is 0 Å². The molecule has 0 aromatic heterocycles. The van der Waals surface area contributed by atoms with Gasteiger partial charge in [0.15, 0.2) is 0 Å². The minimum atomic E-state index is -0.883. The molecule has 0 aliphatic heterocycles. The highest BCUT2D eigenvalue weighted by Gasteiger charge is 1.97. The second kappa shape index (κ2) is 6.09. The van der Waals surface area contributed by atoms with Crippen LogP contribution in [0.1, 0.15) is 6.92 Å². The lowest BCUT2D eigenvalue weighted by molar-refractivity contribution is -0.136. The number of hydrogen-bond donors (Lipinski definition) is 3. The predicted octanol–water partition coefficient (Wildman–Crippen LogP) is -0.628. The van der Waals surface area contributed by atoms with Gasteiger partial charge < -0.3 is 15.6 Å². The molecule has 0 heterocycles. The van der Waals surface area contributed by atoms with Crippen LogP contribution in [0.2, 0.25) is 0 Å². The lowest BCUT2D eigenvalue weighted by Crippen LogP contribution is -2.32. The number of nitrogens with one attached hydrogen (secondary N) is 1. The Morgan fingerprint density at radius 1 is 1.64 bits per heavy atom. The standard InChI is InChI=1S/C6H14N2O3/c1-2-8(11)4-3-7-5-6(9)10/h7,11H,2-5H2,1H3,(H,9,10). The van der Waals surface area contributed by atoms with Crippen molar-refractivity contribution in [3.05, 3.63) is 0 Å². The molecule has 0 rings (SSSR count). The Balaban J connectivity index is 3.08. The number of carbonyl (C=O) groups is 1. The number of aliphatic carboxylic acids is 1. The van der Waals surface area contributed by atoms with Gasteiger partial charge in [0.25, 0.3) is 0 Å². The summed E-state index contributed by atoms with van der Waals surface area (Å²) in [5.41, 5.74) is 0. The molecule has 0 saturated carbocycles. The fourth-order valence-corrected chi connectivity index (χ4v) is 0.562. The van der Waals surface area contributed by atoms with E-state index < -0.39 is 5.97 Å². The maximum atomic E-state index is 9.97. The molecule has 0 bridgehead atoms. The minimum absolute atomic E-state index is 0.0580. The molecule has 0 amide bonds. The van der Waals surface area contributed by atoms with Crippen LogP contribution in [0.15, 0.2) is 0 Å². The summed E-state index contributed by atoms with van der Waals surface area (Å²) in [6, 6.07) is 0. The summed E-state index contributed by atoms with van der Waals surface area (Å²) >= 11 is 0. The van der Waals surface area contributed by atoms with Crippen molar-refractivity contribution in [2.75, 3.05) is 26.2 Å². The van der Waals surface area contributed by atoms with Gasteiger partial charge in [-0.05, 0) is 0 Å². The second-order valence-electron chi connectivity index (χ2n) is 2.12. The summed E-state index contributed by atoms with van der Waals surface area (Å²) < 4.78 is 0. The van der Waals surface area contributed by atoms with E-state index in [1.165, 1.54) is 0 Å². The van der Waals surface area contributed by atoms with Gasteiger partial charge in [0.2, 0.25) is 0 Å². The van der Waals surface area contributed by atoms with Crippen LogP contribution in [0.5, 0.6) is 0 Å². The summed E-state index contributed by atoms with van der Waals surface area (Å²) in [7, 11) is 0. The molecule has 0 spiro atoms. The molecule has 0 aliphatic rings. The van der Waals surface area contributed by atoms with E-state index in [0.29, 0.717) is 19.6 Å². The average molecular weight is 162 g/mol. The first kappa shape index (κ1) is 10.3. The van der Waals surface area contributed by atoms with Gasteiger partial charge in [-0.25, -0.2) is 0 Å². The molecule has 0 fully saturated rings. The summed E-state index contributed by atoms with van der Waals surface area (Å²) in [6.07, 6.45) is 0. The molecule has 5 heteroatoms. The number of likely N-dealkylation sites (N-methyl/N-ethyl adjacent to an activating group) is 1. The first-order valence-electron chi connectivity index (χ1n) is 3.53.